The summed E-state index contributed by atoms with van der Waals surface area (Å²) in [6.07, 6.45) is 2.12. The molecule has 0 bridgehead atoms. The van der Waals surface area contributed by atoms with Gasteiger partial charge in [0.2, 0.25) is 0 Å². The van der Waals surface area contributed by atoms with E-state index in [0.29, 0.717) is 5.92 Å². The van der Waals surface area contributed by atoms with Crippen LogP contribution in [0.1, 0.15) is 24.9 Å². The van der Waals surface area contributed by atoms with Gasteiger partial charge in [0.05, 0.1) is 0 Å². The topological polar surface area (TPSA) is 39.2 Å². The Morgan fingerprint density at radius 1 is 1.50 bits per heavy atom. The normalized spacial score (nSPS) is 13.2. The molecule has 0 saturated heterocycles. The van der Waals surface area contributed by atoms with Crippen LogP contribution in [0.3, 0.4) is 0 Å². The molecule has 0 fully saturated rings. The summed E-state index contributed by atoms with van der Waals surface area (Å²) in [5, 5.41) is 0. The molecule has 1 unspecified atom stereocenters. The average molecular weight is 167 g/mol. The van der Waals surface area contributed by atoms with Gasteiger partial charge < -0.3 is 10.2 Å². The number of furan rings is 1. The van der Waals surface area contributed by atoms with Gasteiger partial charge in [0.25, 0.3) is 0 Å². The standard InChI is InChI=1S/C10H17NO/c1-8(7-11)3-5-10-6-4-9(2)12-10/h4,6,8H,3,5,7,11H2,1-2H3. The third-order valence-corrected chi connectivity index (χ3v) is 2.08. The smallest absolute Gasteiger partial charge is 0.104 e. The number of rotatable bonds is 4. The molecule has 0 radical (unpaired) electrons. The highest BCUT2D eigenvalue weighted by Gasteiger charge is 2.02. The summed E-state index contributed by atoms with van der Waals surface area (Å²) in [7, 11) is 0. The van der Waals surface area contributed by atoms with Crippen molar-refractivity contribution in [1.29, 1.82) is 0 Å². The van der Waals surface area contributed by atoms with Gasteiger partial charge >= 0.3 is 0 Å². The molecule has 1 heterocycles. The van der Waals surface area contributed by atoms with E-state index in [1.165, 1.54) is 0 Å². The minimum Gasteiger partial charge on any atom is -0.466 e. The van der Waals surface area contributed by atoms with Gasteiger partial charge in [-0.2, -0.15) is 0 Å². The maximum atomic E-state index is 5.51. The minimum absolute atomic E-state index is 0.593. The van der Waals surface area contributed by atoms with Crippen molar-refractivity contribution in [3.63, 3.8) is 0 Å². The highest BCUT2D eigenvalue weighted by molar-refractivity contribution is 5.05. The van der Waals surface area contributed by atoms with Gasteiger partial charge in [0, 0.05) is 6.42 Å². The van der Waals surface area contributed by atoms with E-state index >= 15 is 0 Å². The lowest BCUT2D eigenvalue weighted by atomic mass is 10.1. The highest BCUT2D eigenvalue weighted by Crippen LogP contribution is 2.11. The van der Waals surface area contributed by atoms with E-state index in [9.17, 15) is 0 Å². The quantitative estimate of drug-likeness (QED) is 0.746. The molecule has 0 amide bonds. The Bertz CT molecular complexity index is 229. The molecule has 68 valence electrons. The molecule has 2 heteroatoms. The van der Waals surface area contributed by atoms with Gasteiger partial charge in [0.15, 0.2) is 0 Å². The van der Waals surface area contributed by atoms with Crippen LogP contribution in [0.4, 0.5) is 0 Å². The fraction of sp³-hybridized carbons (Fsp3) is 0.600. The predicted octanol–water partition coefficient (Wildman–Crippen LogP) is 2.12. The molecule has 2 nitrogen and oxygen atoms in total. The predicted molar refractivity (Wildman–Crippen MR) is 50.0 cm³/mol. The van der Waals surface area contributed by atoms with Gasteiger partial charge in [0.1, 0.15) is 11.5 Å². The van der Waals surface area contributed by atoms with Crippen LogP contribution in [0.15, 0.2) is 16.5 Å². The molecule has 0 spiro atoms. The summed E-state index contributed by atoms with van der Waals surface area (Å²) in [6, 6.07) is 4.04. The Morgan fingerprint density at radius 3 is 2.75 bits per heavy atom. The third-order valence-electron chi connectivity index (χ3n) is 2.08. The second-order valence-electron chi connectivity index (χ2n) is 3.39. The first kappa shape index (κ1) is 9.33. The van der Waals surface area contributed by atoms with E-state index < -0.39 is 0 Å². The summed E-state index contributed by atoms with van der Waals surface area (Å²) in [5.74, 6) is 2.66. The van der Waals surface area contributed by atoms with E-state index in [0.717, 1.165) is 30.9 Å². The fourth-order valence-corrected chi connectivity index (χ4v) is 1.13. The number of hydrogen-bond donors (Lipinski definition) is 1. The van der Waals surface area contributed by atoms with Crippen LogP contribution in [-0.2, 0) is 6.42 Å². The molecule has 2 N–H and O–H groups in total. The summed E-state index contributed by atoms with van der Waals surface area (Å²) in [4.78, 5) is 0. The summed E-state index contributed by atoms with van der Waals surface area (Å²) >= 11 is 0. The minimum atomic E-state index is 0.593. The van der Waals surface area contributed by atoms with E-state index in [1.54, 1.807) is 0 Å². The lowest BCUT2D eigenvalue weighted by Crippen LogP contribution is -2.11. The molecule has 1 atom stereocenters. The zero-order valence-corrected chi connectivity index (χ0v) is 7.84. The monoisotopic (exact) mass is 167 g/mol. The second-order valence-corrected chi connectivity index (χ2v) is 3.39. The van der Waals surface area contributed by atoms with Crippen LogP contribution in [0.5, 0.6) is 0 Å². The van der Waals surface area contributed by atoms with Crippen LogP contribution in [0.2, 0.25) is 0 Å². The third kappa shape index (κ3) is 2.70. The molecule has 12 heavy (non-hydrogen) atoms. The number of nitrogens with two attached hydrogens (primary N) is 1. The van der Waals surface area contributed by atoms with E-state index in [2.05, 4.69) is 6.92 Å². The van der Waals surface area contributed by atoms with Crippen molar-refractivity contribution in [2.24, 2.45) is 11.7 Å². The largest absolute Gasteiger partial charge is 0.466 e. The zero-order valence-electron chi connectivity index (χ0n) is 7.84. The Hall–Kier alpha value is -0.760. The lowest BCUT2D eigenvalue weighted by molar-refractivity contribution is 0.449. The van der Waals surface area contributed by atoms with Gasteiger partial charge in [-0.1, -0.05) is 6.92 Å². The molecule has 0 aliphatic heterocycles. The molecule has 1 rings (SSSR count). The Labute approximate surface area is 73.8 Å². The van der Waals surface area contributed by atoms with Crippen molar-refractivity contribution < 1.29 is 4.42 Å². The van der Waals surface area contributed by atoms with Crippen LogP contribution < -0.4 is 5.73 Å². The SMILES string of the molecule is Cc1ccc(CCC(C)CN)o1. The first-order chi connectivity index (χ1) is 5.72. The molecule has 1 aromatic heterocycles. The van der Waals surface area contributed by atoms with E-state index in [-0.39, 0.29) is 0 Å². The van der Waals surface area contributed by atoms with Crippen molar-refractivity contribution in [2.75, 3.05) is 6.54 Å². The number of hydrogen-bond acceptors (Lipinski definition) is 2. The number of aryl methyl sites for hydroxylation is 2. The molecular formula is C10H17NO. The van der Waals surface area contributed by atoms with Crippen molar-refractivity contribution in [3.05, 3.63) is 23.7 Å². The first-order valence-corrected chi connectivity index (χ1v) is 4.47. The molecule has 0 saturated carbocycles. The van der Waals surface area contributed by atoms with E-state index in [1.807, 2.05) is 19.1 Å². The molecule has 0 aliphatic rings. The summed E-state index contributed by atoms with van der Waals surface area (Å²) < 4.78 is 5.44. The first-order valence-electron chi connectivity index (χ1n) is 4.47. The Kier molecular flexibility index (Phi) is 3.35. The van der Waals surface area contributed by atoms with Crippen LogP contribution in [0, 0.1) is 12.8 Å². The van der Waals surface area contributed by atoms with Crippen LogP contribution >= 0.6 is 0 Å². The zero-order chi connectivity index (χ0) is 8.97. The summed E-state index contributed by atoms with van der Waals surface area (Å²) in [6.45, 7) is 4.89. The fourth-order valence-electron chi connectivity index (χ4n) is 1.13. The van der Waals surface area contributed by atoms with Gasteiger partial charge in [-0.05, 0) is 37.9 Å². The second kappa shape index (κ2) is 4.31. The van der Waals surface area contributed by atoms with Crippen LogP contribution in [-0.4, -0.2) is 6.54 Å². The van der Waals surface area contributed by atoms with Gasteiger partial charge in [-0.25, -0.2) is 0 Å². The maximum absolute atomic E-state index is 5.51. The molecular weight excluding hydrogens is 150 g/mol. The van der Waals surface area contributed by atoms with Crippen LogP contribution in [0.25, 0.3) is 0 Å². The van der Waals surface area contributed by atoms with Crippen molar-refractivity contribution in [2.45, 2.75) is 26.7 Å². The molecule has 0 aromatic carbocycles. The van der Waals surface area contributed by atoms with E-state index in [4.69, 9.17) is 10.2 Å². The van der Waals surface area contributed by atoms with Gasteiger partial charge in [-0.15, -0.1) is 0 Å². The Morgan fingerprint density at radius 2 is 2.25 bits per heavy atom. The maximum Gasteiger partial charge on any atom is 0.104 e. The lowest BCUT2D eigenvalue weighted by Gasteiger charge is -2.05. The molecule has 0 aliphatic carbocycles. The van der Waals surface area contributed by atoms with Gasteiger partial charge in [-0.3, -0.25) is 0 Å². The van der Waals surface area contributed by atoms with Crippen molar-refractivity contribution >= 4 is 0 Å². The Balaban J connectivity index is 2.33. The summed E-state index contributed by atoms with van der Waals surface area (Å²) in [5.41, 5.74) is 5.51. The average Bonchev–Trinajstić information content (AvgIpc) is 2.47. The highest BCUT2D eigenvalue weighted by atomic mass is 16.3. The van der Waals surface area contributed by atoms with Crippen molar-refractivity contribution in [3.8, 4) is 0 Å². The molecule has 1 aromatic rings. The van der Waals surface area contributed by atoms with Crippen molar-refractivity contribution in [1.82, 2.24) is 0 Å².